The van der Waals surface area contributed by atoms with Crippen LogP contribution in [0.25, 0.3) is 0 Å². The fourth-order valence-corrected chi connectivity index (χ4v) is 2.38. The summed E-state index contributed by atoms with van der Waals surface area (Å²) in [5.41, 5.74) is 6.47. The van der Waals surface area contributed by atoms with E-state index in [1.54, 1.807) is 0 Å². The lowest BCUT2D eigenvalue weighted by Crippen LogP contribution is -2.34. The van der Waals surface area contributed by atoms with Crippen LogP contribution in [0.1, 0.15) is 25.3 Å². The lowest BCUT2D eigenvalue weighted by molar-refractivity contribution is -0.384. The third-order valence-corrected chi connectivity index (χ3v) is 4.28. The summed E-state index contributed by atoms with van der Waals surface area (Å²) < 4.78 is 0. The maximum absolute atomic E-state index is 10.8. The Labute approximate surface area is 139 Å². The molecular formula is C15H18ClN5O2. The van der Waals surface area contributed by atoms with E-state index in [4.69, 9.17) is 17.3 Å². The molecule has 1 aromatic carbocycles. The van der Waals surface area contributed by atoms with Crippen LogP contribution in [0.4, 0.5) is 17.5 Å². The van der Waals surface area contributed by atoms with Crippen molar-refractivity contribution < 1.29 is 4.92 Å². The first-order chi connectivity index (χ1) is 10.8. The number of likely N-dealkylation sites (N-methyl/N-ethyl adjacent to an activating group) is 1. The molecule has 2 unspecified atom stereocenters. The van der Waals surface area contributed by atoms with Crippen molar-refractivity contribution in [3.05, 3.63) is 51.2 Å². The average Bonchev–Trinajstić information content (AvgIpc) is 2.53. The molecule has 0 aliphatic heterocycles. The van der Waals surface area contributed by atoms with Crippen LogP contribution in [-0.4, -0.2) is 28.0 Å². The lowest BCUT2D eigenvalue weighted by atomic mass is 9.94. The third-order valence-electron chi connectivity index (χ3n) is 4.03. The molecule has 1 heterocycles. The molecule has 8 heteroatoms. The van der Waals surface area contributed by atoms with Gasteiger partial charge in [0.2, 0.25) is 11.8 Å². The minimum Gasteiger partial charge on any atom is -0.378 e. The first kappa shape index (κ1) is 17.0. The molecule has 0 radical (unpaired) electrons. The third kappa shape index (κ3) is 3.68. The van der Waals surface area contributed by atoms with E-state index in [-0.39, 0.29) is 23.5 Å². The number of anilines is 2. The van der Waals surface area contributed by atoms with Gasteiger partial charge in [0.05, 0.1) is 4.92 Å². The summed E-state index contributed by atoms with van der Waals surface area (Å²) in [6.45, 7) is 4.11. The summed E-state index contributed by atoms with van der Waals surface area (Å²) >= 11 is 5.91. The van der Waals surface area contributed by atoms with Crippen molar-refractivity contribution in [1.29, 1.82) is 0 Å². The molecule has 0 aliphatic carbocycles. The molecule has 0 bridgehead atoms. The molecule has 0 amide bonds. The maximum Gasteiger partial charge on any atom is 0.329 e. The number of halogens is 1. The highest BCUT2D eigenvalue weighted by Crippen LogP contribution is 2.27. The van der Waals surface area contributed by atoms with Crippen molar-refractivity contribution in [2.75, 3.05) is 17.7 Å². The summed E-state index contributed by atoms with van der Waals surface area (Å²) in [6.07, 6.45) is 1.13. The summed E-state index contributed by atoms with van der Waals surface area (Å²) in [4.78, 5) is 20.1. The predicted octanol–water partition coefficient (Wildman–Crippen LogP) is 3.25. The molecule has 2 N–H and O–H groups in total. The van der Waals surface area contributed by atoms with E-state index >= 15 is 0 Å². The van der Waals surface area contributed by atoms with Crippen molar-refractivity contribution >= 4 is 29.1 Å². The molecule has 0 spiro atoms. The monoisotopic (exact) mass is 335 g/mol. The molecule has 2 aromatic rings. The largest absolute Gasteiger partial charge is 0.378 e. The summed E-state index contributed by atoms with van der Waals surface area (Å²) in [5.74, 6) is 0.386. The van der Waals surface area contributed by atoms with Gasteiger partial charge in [0.1, 0.15) is 6.20 Å². The zero-order valence-corrected chi connectivity index (χ0v) is 13.9. The predicted molar refractivity (Wildman–Crippen MR) is 90.8 cm³/mol. The fraction of sp³-hybridized carbons (Fsp3) is 0.333. The number of nitrogens with zero attached hydrogens (tertiary/aromatic N) is 4. The van der Waals surface area contributed by atoms with Gasteiger partial charge in [0, 0.05) is 24.0 Å². The number of hydrogen-bond donors (Lipinski definition) is 1. The zero-order valence-electron chi connectivity index (χ0n) is 13.1. The Morgan fingerprint density at radius 3 is 2.43 bits per heavy atom. The second-order valence-electron chi connectivity index (χ2n) is 5.39. The molecule has 122 valence electrons. The molecular weight excluding hydrogens is 318 g/mol. The van der Waals surface area contributed by atoms with Gasteiger partial charge in [-0.15, -0.1) is 0 Å². The zero-order chi connectivity index (χ0) is 17.1. The smallest absolute Gasteiger partial charge is 0.329 e. The standard InChI is InChI=1S/C15H18ClN5O2/c1-9(11-4-6-12(16)7-5-11)10(2)20(3)15-18-8-13(21(22)23)14(17)19-15/h4-10H,1-3H3,(H2,17,18,19). The average molecular weight is 336 g/mol. The van der Waals surface area contributed by atoms with Crippen molar-refractivity contribution in [1.82, 2.24) is 9.97 Å². The Morgan fingerprint density at radius 2 is 1.91 bits per heavy atom. The number of nitrogens with two attached hydrogens (primary N) is 1. The second-order valence-corrected chi connectivity index (χ2v) is 5.83. The lowest BCUT2D eigenvalue weighted by Gasteiger charge is -2.30. The summed E-state index contributed by atoms with van der Waals surface area (Å²) in [6, 6.07) is 7.70. The highest BCUT2D eigenvalue weighted by Gasteiger charge is 2.23. The quantitative estimate of drug-likeness (QED) is 0.665. The first-order valence-corrected chi connectivity index (χ1v) is 7.44. The van der Waals surface area contributed by atoms with Crippen molar-refractivity contribution in [3.8, 4) is 0 Å². The van der Waals surface area contributed by atoms with E-state index in [0.29, 0.717) is 11.0 Å². The number of hydrogen-bond acceptors (Lipinski definition) is 6. The van der Waals surface area contributed by atoms with Crippen LogP contribution < -0.4 is 10.6 Å². The van der Waals surface area contributed by atoms with Crippen LogP contribution in [0.2, 0.25) is 5.02 Å². The topological polar surface area (TPSA) is 98.2 Å². The Kier molecular flexibility index (Phi) is 5.00. The minimum absolute atomic E-state index is 0.0528. The van der Waals surface area contributed by atoms with Gasteiger partial charge in [-0.25, -0.2) is 4.98 Å². The van der Waals surface area contributed by atoms with Crippen LogP contribution in [0.15, 0.2) is 30.5 Å². The molecule has 2 atom stereocenters. The molecule has 2 rings (SSSR count). The van der Waals surface area contributed by atoms with Gasteiger partial charge >= 0.3 is 5.69 Å². The minimum atomic E-state index is -0.598. The van der Waals surface area contributed by atoms with Gasteiger partial charge in [-0.05, 0) is 24.6 Å². The Balaban J connectivity index is 2.21. The van der Waals surface area contributed by atoms with E-state index < -0.39 is 4.92 Å². The van der Waals surface area contributed by atoms with E-state index in [2.05, 4.69) is 16.9 Å². The number of nitrogen functional groups attached to an aromatic ring is 1. The van der Waals surface area contributed by atoms with Gasteiger partial charge in [0.15, 0.2) is 0 Å². The van der Waals surface area contributed by atoms with E-state index in [1.165, 1.54) is 0 Å². The van der Waals surface area contributed by atoms with E-state index in [0.717, 1.165) is 11.8 Å². The molecule has 7 nitrogen and oxygen atoms in total. The van der Waals surface area contributed by atoms with Gasteiger partial charge in [0.25, 0.3) is 0 Å². The maximum atomic E-state index is 10.8. The Hall–Kier alpha value is -2.41. The number of nitro groups is 1. The summed E-state index contributed by atoms with van der Waals surface area (Å²) in [5, 5.41) is 11.5. The normalized spacial score (nSPS) is 13.4. The Morgan fingerprint density at radius 1 is 1.30 bits per heavy atom. The van der Waals surface area contributed by atoms with Crippen LogP contribution in [-0.2, 0) is 0 Å². The van der Waals surface area contributed by atoms with Crippen molar-refractivity contribution in [2.45, 2.75) is 25.8 Å². The molecule has 23 heavy (non-hydrogen) atoms. The molecule has 0 aliphatic rings. The number of aromatic nitrogens is 2. The van der Waals surface area contributed by atoms with Crippen LogP contribution in [0.3, 0.4) is 0 Å². The fourth-order valence-electron chi connectivity index (χ4n) is 2.25. The van der Waals surface area contributed by atoms with E-state index in [1.807, 2.05) is 43.1 Å². The number of rotatable bonds is 5. The number of benzene rings is 1. The van der Waals surface area contributed by atoms with Crippen LogP contribution in [0, 0.1) is 10.1 Å². The van der Waals surface area contributed by atoms with Crippen molar-refractivity contribution in [3.63, 3.8) is 0 Å². The van der Waals surface area contributed by atoms with Crippen LogP contribution in [0.5, 0.6) is 0 Å². The van der Waals surface area contributed by atoms with E-state index in [9.17, 15) is 10.1 Å². The van der Waals surface area contributed by atoms with Gasteiger partial charge in [-0.2, -0.15) is 4.98 Å². The molecule has 0 saturated heterocycles. The van der Waals surface area contributed by atoms with Crippen molar-refractivity contribution in [2.24, 2.45) is 0 Å². The molecule has 1 aromatic heterocycles. The SMILES string of the molecule is CC(c1ccc(Cl)cc1)C(C)N(C)c1ncc([N+](=O)[O-])c(N)n1. The van der Waals surface area contributed by atoms with Crippen LogP contribution >= 0.6 is 11.6 Å². The second kappa shape index (κ2) is 6.78. The highest BCUT2D eigenvalue weighted by molar-refractivity contribution is 6.30. The Bertz CT molecular complexity index is 708. The van der Waals surface area contributed by atoms with Gasteiger partial charge in [-0.1, -0.05) is 30.7 Å². The first-order valence-electron chi connectivity index (χ1n) is 7.06. The van der Waals surface area contributed by atoms with Gasteiger partial charge in [-0.3, -0.25) is 10.1 Å². The van der Waals surface area contributed by atoms with Gasteiger partial charge < -0.3 is 10.6 Å². The highest BCUT2D eigenvalue weighted by atomic mass is 35.5. The summed E-state index contributed by atoms with van der Waals surface area (Å²) in [7, 11) is 1.83. The molecule has 0 saturated carbocycles. The molecule has 0 fully saturated rings.